The third-order valence-corrected chi connectivity index (χ3v) is 1.87. The van der Waals surface area contributed by atoms with Crippen LogP contribution in [0.25, 0.3) is 0 Å². The molecule has 11 heavy (non-hydrogen) atoms. The molecule has 0 aromatic heterocycles. The van der Waals surface area contributed by atoms with E-state index in [9.17, 15) is 0 Å². The SMILES string of the molecule is CC[C@H](C=N)c1ccccc1. The van der Waals surface area contributed by atoms with Crippen LogP contribution in [0.15, 0.2) is 30.3 Å². The largest absolute Gasteiger partial charge is 0.312 e. The zero-order chi connectivity index (χ0) is 8.10. The Kier molecular flexibility index (Phi) is 2.84. The summed E-state index contributed by atoms with van der Waals surface area (Å²) in [7, 11) is 0. The quantitative estimate of drug-likeness (QED) is 0.636. The molecule has 0 radical (unpaired) electrons. The summed E-state index contributed by atoms with van der Waals surface area (Å²) >= 11 is 0. The molecule has 1 N–H and O–H groups in total. The fourth-order valence-electron chi connectivity index (χ4n) is 1.15. The lowest BCUT2D eigenvalue weighted by Gasteiger charge is -2.07. The van der Waals surface area contributed by atoms with E-state index in [1.807, 2.05) is 18.2 Å². The van der Waals surface area contributed by atoms with Gasteiger partial charge in [0, 0.05) is 12.1 Å². The molecule has 1 nitrogen and oxygen atoms in total. The lowest BCUT2D eigenvalue weighted by Crippen LogP contribution is -1.96. The molecule has 0 unspecified atom stereocenters. The molecule has 0 saturated heterocycles. The summed E-state index contributed by atoms with van der Waals surface area (Å²) in [5, 5.41) is 7.17. The predicted octanol–water partition coefficient (Wildman–Crippen LogP) is 2.83. The van der Waals surface area contributed by atoms with Crippen LogP contribution >= 0.6 is 0 Å². The Labute approximate surface area is 67.6 Å². The van der Waals surface area contributed by atoms with Gasteiger partial charge in [-0.2, -0.15) is 0 Å². The highest BCUT2D eigenvalue weighted by atomic mass is 14.3. The van der Waals surface area contributed by atoms with Crippen LogP contribution in [0.1, 0.15) is 24.8 Å². The Hall–Kier alpha value is -1.11. The third kappa shape index (κ3) is 1.90. The molecule has 0 saturated carbocycles. The maximum absolute atomic E-state index is 7.17. The van der Waals surface area contributed by atoms with Gasteiger partial charge in [-0.05, 0) is 12.0 Å². The number of hydrogen-bond donors (Lipinski definition) is 1. The molecule has 0 aliphatic carbocycles. The van der Waals surface area contributed by atoms with E-state index in [4.69, 9.17) is 5.41 Å². The van der Waals surface area contributed by atoms with Gasteiger partial charge in [-0.15, -0.1) is 0 Å². The first-order valence-electron chi connectivity index (χ1n) is 3.94. The molecular formula is C10H13N. The van der Waals surface area contributed by atoms with Gasteiger partial charge >= 0.3 is 0 Å². The molecule has 0 aliphatic rings. The van der Waals surface area contributed by atoms with Crippen molar-refractivity contribution in [2.75, 3.05) is 0 Å². The smallest absolute Gasteiger partial charge is 0.0183 e. The highest BCUT2D eigenvalue weighted by Crippen LogP contribution is 2.15. The van der Waals surface area contributed by atoms with Crippen molar-refractivity contribution in [1.29, 1.82) is 5.41 Å². The molecule has 1 aromatic rings. The number of nitrogens with one attached hydrogen (secondary N) is 1. The average molecular weight is 147 g/mol. The van der Waals surface area contributed by atoms with E-state index >= 15 is 0 Å². The van der Waals surface area contributed by atoms with Gasteiger partial charge in [-0.1, -0.05) is 37.3 Å². The van der Waals surface area contributed by atoms with Crippen molar-refractivity contribution in [3.8, 4) is 0 Å². The normalized spacial score (nSPS) is 12.5. The minimum atomic E-state index is 0.302. The van der Waals surface area contributed by atoms with Gasteiger partial charge in [0.15, 0.2) is 0 Å². The van der Waals surface area contributed by atoms with E-state index in [0.29, 0.717) is 5.92 Å². The van der Waals surface area contributed by atoms with Crippen molar-refractivity contribution < 1.29 is 0 Å². The molecule has 1 aromatic carbocycles. The summed E-state index contributed by atoms with van der Waals surface area (Å²) in [5.74, 6) is 0.302. The predicted molar refractivity (Wildman–Crippen MR) is 48.3 cm³/mol. The standard InChI is InChI=1S/C10H13N/c1-2-9(8-11)10-6-4-3-5-7-10/h3-9,11H,2H2,1H3/t9-/m1/s1. The summed E-state index contributed by atoms with van der Waals surface area (Å²) in [6.45, 7) is 2.10. The summed E-state index contributed by atoms with van der Waals surface area (Å²) < 4.78 is 0. The summed E-state index contributed by atoms with van der Waals surface area (Å²) in [5.41, 5.74) is 1.24. The Bertz CT molecular complexity index is 216. The summed E-state index contributed by atoms with van der Waals surface area (Å²) in [6.07, 6.45) is 2.52. The van der Waals surface area contributed by atoms with Gasteiger partial charge in [0.05, 0.1) is 0 Å². The van der Waals surface area contributed by atoms with Crippen molar-refractivity contribution in [2.24, 2.45) is 0 Å². The monoisotopic (exact) mass is 147 g/mol. The van der Waals surface area contributed by atoms with E-state index in [2.05, 4.69) is 19.1 Å². The molecule has 1 rings (SSSR count). The van der Waals surface area contributed by atoms with Crippen LogP contribution in [0.3, 0.4) is 0 Å². The molecule has 58 valence electrons. The fourth-order valence-corrected chi connectivity index (χ4v) is 1.15. The minimum absolute atomic E-state index is 0.302. The Balaban J connectivity index is 2.82. The van der Waals surface area contributed by atoms with E-state index in [1.54, 1.807) is 0 Å². The van der Waals surface area contributed by atoms with Crippen LogP contribution in [0.2, 0.25) is 0 Å². The van der Waals surface area contributed by atoms with Gasteiger partial charge in [0.25, 0.3) is 0 Å². The maximum Gasteiger partial charge on any atom is 0.0183 e. The van der Waals surface area contributed by atoms with Crippen molar-refractivity contribution in [2.45, 2.75) is 19.3 Å². The molecular weight excluding hydrogens is 134 g/mol. The first kappa shape index (κ1) is 7.99. The lowest BCUT2D eigenvalue weighted by atomic mass is 9.98. The minimum Gasteiger partial charge on any atom is -0.312 e. The number of rotatable bonds is 3. The maximum atomic E-state index is 7.17. The number of benzene rings is 1. The first-order chi connectivity index (χ1) is 5.38. The van der Waals surface area contributed by atoms with E-state index in [-0.39, 0.29) is 0 Å². The van der Waals surface area contributed by atoms with Gasteiger partial charge in [0.1, 0.15) is 0 Å². The summed E-state index contributed by atoms with van der Waals surface area (Å²) in [4.78, 5) is 0. The highest BCUT2D eigenvalue weighted by molar-refractivity contribution is 5.64. The third-order valence-electron chi connectivity index (χ3n) is 1.87. The molecule has 0 amide bonds. The Morgan fingerprint density at radius 2 is 2.00 bits per heavy atom. The van der Waals surface area contributed by atoms with Crippen molar-refractivity contribution in [3.63, 3.8) is 0 Å². The van der Waals surface area contributed by atoms with Crippen LogP contribution in [-0.4, -0.2) is 6.21 Å². The molecule has 0 heterocycles. The zero-order valence-corrected chi connectivity index (χ0v) is 6.75. The van der Waals surface area contributed by atoms with Gasteiger partial charge < -0.3 is 5.41 Å². The number of hydrogen-bond acceptors (Lipinski definition) is 1. The first-order valence-corrected chi connectivity index (χ1v) is 3.94. The Morgan fingerprint density at radius 3 is 2.45 bits per heavy atom. The second-order valence-electron chi connectivity index (χ2n) is 2.59. The molecule has 0 spiro atoms. The molecule has 0 fully saturated rings. The van der Waals surface area contributed by atoms with Crippen LogP contribution < -0.4 is 0 Å². The topological polar surface area (TPSA) is 23.9 Å². The van der Waals surface area contributed by atoms with Crippen molar-refractivity contribution in [1.82, 2.24) is 0 Å². The zero-order valence-electron chi connectivity index (χ0n) is 6.75. The van der Waals surface area contributed by atoms with E-state index in [1.165, 1.54) is 11.8 Å². The van der Waals surface area contributed by atoms with Gasteiger partial charge in [-0.25, -0.2) is 0 Å². The van der Waals surface area contributed by atoms with E-state index < -0.39 is 0 Å². The van der Waals surface area contributed by atoms with Crippen molar-refractivity contribution >= 4 is 6.21 Å². The molecule has 1 atom stereocenters. The molecule has 0 aliphatic heterocycles. The van der Waals surface area contributed by atoms with Crippen LogP contribution in [-0.2, 0) is 0 Å². The van der Waals surface area contributed by atoms with Crippen LogP contribution in [0, 0.1) is 5.41 Å². The highest BCUT2D eigenvalue weighted by Gasteiger charge is 2.02. The van der Waals surface area contributed by atoms with E-state index in [0.717, 1.165) is 6.42 Å². The Morgan fingerprint density at radius 1 is 1.36 bits per heavy atom. The second-order valence-corrected chi connectivity index (χ2v) is 2.59. The second kappa shape index (κ2) is 3.91. The average Bonchev–Trinajstić information content (AvgIpc) is 2.09. The molecule has 0 bridgehead atoms. The van der Waals surface area contributed by atoms with Crippen molar-refractivity contribution in [3.05, 3.63) is 35.9 Å². The summed E-state index contributed by atoms with van der Waals surface area (Å²) in [6, 6.07) is 10.2. The lowest BCUT2D eigenvalue weighted by molar-refractivity contribution is 0.855. The molecule has 1 heteroatoms. The van der Waals surface area contributed by atoms with Crippen LogP contribution in [0.4, 0.5) is 0 Å². The van der Waals surface area contributed by atoms with Gasteiger partial charge in [-0.3, -0.25) is 0 Å². The van der Waals surface area contributed by atoms with Crippen LogP contribution in [0.5, 0.6) is 0 Å². The van der Waals surface area contributed by atoms with Gasteiger partial charge in [0.2, 0.25) is 0 Å². The fraction of sp³-hybridized carbons (Fsp3) is 0.300.